The summed E-state index contributed by atoms with van der Waals surface area (Å²) < 4.78 is 0. The molecular weight excluding hydrogens is 290 g/mol. The number of nitrogens with one attached hydrogen (secondary N) is 2. The van der Waals surface area contributed by atoms with Crippen LogP contribution in [0.15, 0.2) is 30.6 Å². The number of hydrogen-bond donors (Lipinski definition) is 2. The van der Waals surface area contributed by atoms with Crippen LogP contribution < -0.4 is 5.32 Å². The number of hydrogen-bond acceptors (Lipinski definition) is 4. The predicted molar refractivity (Wildman–Crippen MR) is 89.9 cm³/mol. The highest BCUT2D eigenvalue weighted by Gasteiger charge is 2.27. The summed E-state index contributed by atoms with van der Waals surface area (Å²) in [5.74, 6) is 0.165. The maximum Gasteiger partial charge on any atom is 0.227 e. The SMILES string of the molecule is CN(C)C1CCC(C(=O)Nc2cn[nH]c2-c2ccccn2)CC1. The van der Waals surface area contributed by atoms with Crippen LogP contribution in [0.3, 0.4) is 0 Å². The van der Waals surface area contributed by atoms with Crippen molar-refractivity contribution in [3.8, 4) is 11.4 Å². The van der Waals surface area contributed by atoms with Gasteiger partial charge in [-0.1, -0.05) is 6.07 Å². The van der Waals surface area contributed by atoms with Crippen molar-refractivity contribution in [3.05, 3.63) is 30.6 Å². The van der Waals surface area contributed by atoms with Crippen LogP contribution in [0.4, 0.5) is 5.69 Å². The Morgan fingerprint density at radius 3 is 2.70 bits per heavy atom. The smallest absolute Gasteiger partial charge is 0.227 e. The quantitative estimate of drug-likeness (QED) is 0.909. The molecule has 6 heteroatoms. The van der Waals surface area contributed by atoms with Crippen molar-refractivity contribution < 1.29 is 4.79 Å². The third-order valence-electron chi connectivity index (χ3n) is 4.62. The van der Waals surface area contributed by atoms with Crippen molar-refractivity contribution in [3.63, 3.8) is 0 Å². The van der Waals surface area contributed by atoms with Crippen LogP contribution in [0, 0.1) is 5.92 Å². The third-order valence-corrected chi connectivity index (χ3v) is 4.62. The Labute approximate surface area is 136 Å². The van der Waals surface area contributed by atoms with Crippen molar-refractivity contribution in [2.75, 3.05) is 19.4 Å². The summed E-state index contributed by atoms with van der Waals surface area (Å²) in [7, 11) is 4.21. The molecule has 1 aliphatic rings. The molecule has 2 heterocycles. The molecule has 1 aliphatic carbocycles. The van der Waals surface area contributed by atoms with Crippen molar-refractivity contribution >= 4 is 11.6 Å². The summed E-state index contributed by atoms with van der Waals surface area (Å²) in [6.07, 6.45) is 7.39. The van der Waals surface area contributed by atoms with E-state index in [0.717, 1.165) is 37.1 Å². The number of amides is 1. The van der Waals surface area contributed by atoms with E-state index in [1.807, 2.05) is 18.2 Å². The Bertz CT molecular complexity index is 644. The van der Waals surface area contributed by atoms with E-state index < -0.39 is 0 Å². The molecule has 2 N–H and O–H groups in total. The lowest BCUT2D eigenvalue weighted by Gasteiger charge is -2.31. The minimum Gasteiger partial charge on any atom is -0.323 e. The summed E-state index contributed by atoms with van der Waals surface area (Å²) in [5, 5.41) is 9.98. The van der Waals surface area contributed by atoms with Gasteiger partial charge in [-0.2, -0.15) is 5.10 Å². The highest BCUT2D eigenvalue weighted by molar-refractivity contribution is 5.95. The normalized spacial score (nSPS) is 21.3. The number of aromatic nitrogens is 3. The number of aromatic amines is 1. The Balaban J connectivity index is 1.65. The molecule has 0 saturated heterocycles. The molecule has 1 amide bonds. The van der Waals surface area contributed by atoms with Gasteiger partial charge >= 0.3 is 0 Å². The van der Waals surface area contributed by atoms with Gasteiger partial charge in [0.15, 0.2) is 0 Å². The molecule has 0 atom stereocenters. The summed E-state index contributed by atoms with van der Waals surface area (Å²) in [6, 6.07) is 6.27. The molecule has 3 rings (SSSR count). The second-order valence-corrected chi connectivity index (χ2v) is 6.33. The van der Waals surface area contributed by atoms with E-state index in [-0.39, 0.29) is 11.8 Å². The molecule has 0 bridgehead atoms. The van der Waals surface area contributed by atoms with Gasteiger partial charge in [-0.05, 0) is 51.9 Å². The van der Waals surface area contributed by atoms with E-state index in [0.29, 0.717) is 11.7 Å². The number of anilines is 1. The minimum atomic E-state index is 0.0812. The average molecular weight is 313 g/mol. The summed E-state index contributed by atoms with van der Waals surface area (Å²) in [5.41, 5.74) is 2.22. The molecule has 1 fully saturated rings. The van der Waals surface area contributed by atoms with Gasteiger partial charge < -0.3 is 10.2 Å². The number of H-pyrrole nitrogens is 1. The molecule has 0 spiro atoms. The zero-order valence-electron chi connectivity index (χ0n) is 13.6. The summed E-state index contributed by atoms with van der Waals surface area (Å²) in [4.78, 5) is 19.1. The predicted octanol–water partition coefficient (Wildman–Crippen LogP) is 2.53. The molecule has 0 aromatic carbocycles. The van der Waals surface area contributed by atoms with Gasteiger partial charge in [0.05, 0.1) is 17.6 Å². The molecule has 2 aromatic heterocycles. The lowest BCUT2D eigenvalue weighted by molar-refractivity contribution is -0.121. The Kier molecular flexibility index (Phi) is 4.71. The first-order valence-electron chi connectivity index (χ1n) is 8.07. The fourth-order valence-corrected chi connectivity index (χ4v) is 3.18. The second kappa shape index (κ2) is 6.91. The van der Waals surface area contributed by atoms with Crippen molar-refractivity contribution in [2.24, 2.45) is 5.92 Å². The van der Waals surface area contributed by atoms with Gasteiger partial charge in [0.1, 0.15) is 5.69 Å². The van der Waals surface area contributed by atoms with E-state index >= 15 is 0 Å². The topological polar surface area (TPSA) is 73.9 Å². The van der Waals surface area contributed by atoms with Crippen LogP contribution in [-0.2, 0) is 4.79 Å². The van der Waals surface area contributed by atoms with Crippen LogP contribution in [-0.4, -0.2) is 46.1 Å². The Hall–Kier alpha value is -2.21. The second-order valence-electron chi connectivity index (χ2n) is 6.33. The highest BCUT2D eigenvalue weighted by atomic mass is 16.1. The molecule has 122 valence electrons. The van der Waals surface area contributed by atoms with Crippen molar-refractivity contribution in [1.82, 2.24) is 20.1 Å². The Morgan fingerprint density at radius 2 is 2.04 bits per heavy atom. The zero-order chi connectivity index (χ0) is 16.2. The molecule has 0 unspecified atom stereocenters. The van der Waals surface area contributed by atoms with Gasteiger partial charge in [-0.3, -0.25) is 14.9 Å². The van der Waals surface area contributed by atoms with Gasteiger partial charge in [0.2, 0.25) is 5.91 Å². The number of pyridine rings is 1. The van der Waals surface area contributed by atoms with Gasteiger partial charge in [0, 0.05) is 18.2 Å². The first-order valence-corrected chi connectivity index (χ1v) is 8.07. The molecule has 23 heavy (non-hydrogen) atoms. The number of carbonyl (C=O) groups excluding carboxylic acids is 1. The maximum absolute atomic E-state index is 12.5. The standard InChI is InChI=1S/C17H23N5O/c1-22(2)13-8-6-12(7-9-13)17(23)20-15-11-19-21-16(15)14-5-3-4-10-18-14/h3-5,10-13H,6-9H2,1-2H3,(H,19,21)(H,20,23). The van der Waals surface area contributed by atoms with Crippen molar-refractivity contribution in [2.45, 2.75) is 31.7 Å². The molecule has 1 saturated carbocycles. The fourth-order valence-electron chi connectivity index (χ4n) is 3.18. The minimum absolute atomic E-state index is 0.0812. The lowest BCUT2D eigenvalue weighted by Crippen LogP contribution is -2.35. The first kappa shape index (κ1) is 15.7. The van der Waals surface area contributed by atoms with Crippen LogP contribution in [0.1, 0.15) is 25.7 Å². The van der Waals surface area contributed by atoms with E-state index in [2.05, 4.69) is 39.5 Å². The number of carbonyl (C=O) groups is 1. The molecule has 0 aliphatic heterocycles. The molecule has 2 aromatic rings. The number of nitrogens with zero attached hydrogens (tertiary/aromatic N) is 3. The molecule has 6 nitrogen and oxygen atoms in total. The van der Waals surface area contributed by atoms with E-state index in [1.165, 1.54) is 0 Å². The third kappa shape index (κ3) is 3.59. The largest absolute Gasteiger partial charge is 0.323 e. The monoisotopic (exact) mass is 313 g/mol. The van der Waals surface area contributed by atoms with E-state index in [4.69, 9.17) is 0 Å². The van der Waals surface area contributed by atoms with E-state index in [1.54, 1.807) is 12.4 Å². The summed E-state index contributed by atoms with van der Waals surface area (Å²) >= 11 is 0. The molecular formula is C17H23N5O. The first-order chi connectivity index (χ1) is 11.1. The van der Waals surface area contributed by atoms with Crippen LogP contribution in [0.25, 0.3) is 11.4 Å². The van der Waals surface area contributed by atoms with Crippen LogP contribution >= 0.6 is 0 Å². The Morgan fingerprint density at radius 1 is 1.26 bits per heavy atom. The zero-order valence-corrected chi connectivity index (χ0v) is 13.6. The fraction of sp³-hybridized carbons (Fsp3) is 0.471. The average Bonchev–Trinajstić information content (AvgIpc) is 3.04. The highest BCUT2D eigenvalue weighted by Crippen LogP contribution is 2.29. The van der Waals surface area contributed by atoms with Crippen molar-refractivity contribution in [1.29, 1.82) is 0 Å². The van der Waals surface area contributed by atoms with Crippen LogP contribution in [0.5, 0.6) is 0 Å². The van der Waals surface area contributed by atoms with Gasteiger partial charge in [0.25, 0.3) is 0 Å². The molecule has 0 radical (unpaired) electrons. The van der Waals surface area contributed by atoms with Gasteiger partial charge in [-0.15, -0.1) is 0 Å². The van der Waals surface area contributed by atoms with Crippen LogP contribution in [0.2, 0.25) is 0 Å². The number of rotatable bonds is 4. The summed E-state index contributed by atoms with van der Waals surface area (Å²) in [6.45, 7) is 0. The lowest BCUT2D eigenvalue weighted by atomic mass is 9.85. The van der Waals surface area contributed by atoms with E-state index in [9.17, 15) is 4.79 Å². The maximum atomic E-state index is 12.5. The van der Waals surface area contributed by atoms with Gasteiger partial charge in [-0.25, -0.2) is 0 Å².